The fourth-order valence-corrected chi connectivity index (χ4v) is 2.72. The van der Waals surface area contributed by atoms with Crippen LogP contribution in [0.4, 0.5) is 11.4 Å². The molecule has 0 amide bonds. The molecule has 2 aromatic carbocycles. The number of unbranched alkanes of at least 4 members (excludes halogenated alkanes) is 3. The quantitative estimate of drug-likeness (QED) is 0.403. The molecular formula is C23H34N2O2. The first kappa shape index (κ1) is 20.9. The lowest BCUT2D eigenvalue weighted by molar-refractivity contribution is 0.305. The molecule has 0 aromatic heterocycles. The largest absolute Gasteiger partial charge is 0.494 e. The third-order valence-corrected chi connectivity index (χ3v) is 4.21. The predicted molar refractivity (Wildman–Crippen MR) is 115 cm³/mol. The second kappa shape index (κ2) is 12.9. The normalized spacial score (nSPS) is 10.4. The van der Waals surface area contributed by atoms with Crippen LogP contribution >= 0.6 is 0 Å². The molecule has 0 radical (unpaired) electrons. The Morgan fingerprint density at radius 3 is 2.15 bits per heavy atom. The van der Waals surface area contributed by atoms with Crippen molar-refractivity contribution in [3.63, 3.8) is 0 Å². The Morgan fingerprint density at radius 2 is 1.41 bits per heavy atom. The van der Waals surface area contributed by atoms with Crippen LogP contribution in [0.1, 0.15) is 46.0 Å². The number of rotatable bonds is 14. The summed E-state index contributed by atoms with van der Waals surface area (Å²) in [4.78, 5) is 0. The highest BCUT2D eigenvalue weighted by atomic mass is 16.5. The van der Waals surface area contributed by atoms with E-state index in [1.807, 2.05) is 30.3 Å². The minimum atomic E-state index is 0.753. The zero-order chi connectivity index (χ0) is 19.2. The molecule has 0 saturated heterocycles. The Kier molecular flexibility index (Phi) is 10.0. The topological polar surface area (TPSA) is 42.5 Å². The van der Waals surface area contributed by atoms with Crippen LogP contribution in [0, 0.1) is 0 Å². The summed E-state index contributed by atoms with van der Waals surface area (Å²) in [5.41, 5.74) is 2.19. The van der Waals surface area contributed by atoms with Crippen LogP contribution in [-0.4, -0.2) is 26.3 Å². The average Bonchev–Trinajstić information content (AvgIpc) is 2.71. The average molecular weight is 371 g/mol. The summed E-state index contributed by atoms with van der Waals surface area (Å²) < 4.78 is 11.4. The van der Waals surface area contributed by atoms with Crippen LogP contribution in [0.3, 0.4) is 0 Å². The summed E-state index contributed by atoms with van der Waals surface area (Å²) in [6.07, 6.45) is 5.94. The first-order chi connectivity index (χ1) is 13.3. The van der Waals surface area contributed by atoms with Gasteiger partial charge in [-0.25, -0.2) is 0 Å². The Balaban J connectivity index is 1.64. The van der Waals surface area contributed by atoms with Crippen LogP contribution < -0.4 is 20.1 Å². The van der Waals surface area contributed by atoms with Crippen LogP contribution in [-0.2, 0) is 0 Å². The molecule has 27 heavy (non-hydrogen) atoms. The maximum Gasteiger partial charge on any atom is 0.121 e. The Bertz CT molecular complexity index is 629. The first-order valence-electron chi connectivity index (χ1n) is 10.2. The molecule has 2 aromatic rings. The van der Waals surface area contributed by atoms with Crippen molar-refractivity contribution in [1.29, 1.82) is 0 Å². The van der Waals surface area contributed by atoms with E-state index in [0.29, 0.717) is 0 Å². The zero-order valence-corrected chi connectivity index (χ0v) is 16.8. The Hall–Kier alpha value is -2.36. The van der Waals surface area contributed by atoms with Gasteiger partial charge in [0.15, 0.2) is 0 Å². The number of nitrogens with one attached hydrogen (secondary N) is 2. The van der Waals surface area contributed by atoms with Gasteiger partial charge in [0.2, 0.25) is 0 Å². The lowest BCUT2D eigenvalue weighted by Crippen LogP contribution is -2.13. The lowest BCUT2D eigenvalue weighted by Gasteiger charge is -2.11. The van der Waals surface area contributed by atoms with Crippen molar-refractivity contribution in [1.82, 2.24) is 0 Å². The van der Waals surface area contributed by atoms with Gasteiger partial charge in [0, 0.05) is 30.5 Å². The number of anilines is 2. The molecule has 0 atom stereocenters. The zero-order valence-electron chi connectivity index (χ0n) is 16.8. The maximum absolute atomic E-state index is 5.78. The van der Waals surface area contributed by atoms with Crippen molar-refractivity contribution in [2.24, 2.45) is 0 Å². The fraction of sp³-hybridized carbons (Fsp3) is 0.478. The minimum absolute atomic E-state index is 0.753. The van der Waals surface area contributed by atoms with Crippen LogP contribution in [0.15, 0.2) is 48.5 Å². The van der Waals surface area contributed by atoms with Crippen LogP contribution in [0.5, 0.6) is 11.5 Å². The third-order valence-electron chi connectivity index (χ3n) is 4.21. The fourth-order valence-electron chi connectivity index (χ4n) is 2.72. The van der Waals surface area contributed by atoms with Gasteiger partial charge >= 0.3 is 0 Å². The molecular weight excluding hydrogens is 336 g/mol. The van der Waals surface area contributed by atoms with Crippen molar-refractivity contribution in [3.8, 4) is 11.5 Å². The highest BCUT2D eigenvalue weighted by Gasteiger charge is 1.98. The summed E-state index contributed by atoms with van der Waals surface area (Å²) in [5, 5.41) is 6.85. The van der Waals surface area contributed by atoms with Crippen molar-refractivity contribution in [2.45, 2.75) is 46.0 Å². The van der Waals surface area contributed by atoms with Gasteiger partial charge in [0.1, 0.15) is 11.5 Å². The minimum Gasteiger partial charge on any atom is -0.494 e. The summed E-state index contributed by atoms with van der Waals surface area (Å²) >= 11 is 0. The molecule has 0 saturated carbocycles. The third kappa shape index (κ3) is 8.72. The van der Waals surface area contributed by atoms with Crippen molar-refractivity contribution in [3.05, 3.63) is 48.5 Å². The molecule has 0 fully saturated rings. The second-order valence-corrected chi connectivity index (χ2v) is 6.66. The highest BCUT2D eigenvalue weighted by molar-refractivity contribution is 5.49. The van der Waals surface area contributed by atoms with Crippen LogP contribution in [0.2, 0.25) is 0 Å². The molecule has 2 rings (SSSR count). The molecule has 4 nitrogen and oxygen atoms in total. The molecule has 0 heterocycles. The molecule has 0 aliphatic heterocycles. The maximum atomic E-state index is 5.78. The van der Waals surface area contributed by atoms with E-state index < -0.39 is 0 Å². The molecule has 0 aliphatic rings. The predicted octanol–water partition coefficient (Wildman–Crippen LogP) is 5.96. The second-order valence-electron chi connectivity index (χ2n) is 6.66. The van der Waals surface area contributed by atoms with E-state index >= 15 is 0 Å². The summed E-state index contributed by atoms with van der Waals surface area (Å²) in [6, 6.07) is 16.3. The Labute approximate surface area is 164 Å². The van der Waals surface area contributed by atoms with Gasteiger partial charge in [-0.05, 0) is 49.2 Å². The number of hydrogen-bond donors (Lipinski definition) is 2. The van der Waals surface area contributed by atoms with E-state index in [0.717, 1.165) is 62.0 Å². The number of benzene rings is 2. The summed E-state index contributed by atoms with van der Waals surface area (Å²) in [6.45, 7) is 7.58. The SMILES string of the molecule is CCCCCCOc1ccc(NCCNc2cccc(OCCC)c2)cc1. The standard InChI is InChI=1S/C23H34N2O2/c1-3-5-6-7-18-27-22-13-11-20(12-14-22)24-15-16-25-21-9-8-10-23(19-21)26-17-4-2/h8-14,19,24-25H,3-7,15-18H2,1-2H3. The van der Waals surface area contributed by atoms with Crippen molar-refractivity contribution < 1.29 is 9.47 Å². The molecule has 0 unspecified atom stereocenters. The van der Waals surface area contributed by atoms with E-state index in [1.54, 1.807) is 0 Å². The number of hydrogen-bond acceptors (Lipinski definition) is 4. The van der Waals surface area contributed by atoms with Crippen molar-refractivity contribution in [2.75, 3.05) is 36.9 Å². The molecule has 0 bridgehead atoms. The van der Waals surface area contributed by atoms with Gasteiger partial charge in [-0.2, -0.15) is 0 Å². The first-order valence-corrected chi connectivity index (χ1v) is 10.2. The molecule has 0 aliphatic carbocycles. The van der Waals surface area contributed by atoms with E-state index in [2.05, 4.69) is 42.7 Å². The van der Waals surface area contributed by atoms with Gasteiger partial charge in [-0.3, -0.25) is 0 Å². The Morgan fingerprint density at radius 1 is 0.667 bits per heavy atom. The molecule has 148 valence electrons. The van der Waals surface area contributed by atoms with Gasteiger partial charge in [-0.15, -0.1) is 0 Å². The molecule has 2 N–H and O–H groups in total. The molecule has 0 spiro atoms. The highest BCUT2D eigenvalue weighted by Crippen LogP contribution is 2.18. The van der Waals surface area contributed by atoms with Crippen LogP contribution in [0.25, 0.3) is 0 Å². The van der Waals surface area contributed by atoms with Crippen molar-refractivity contribution >= 4 is 11.4 Å². The monoisotopic (exact) mass is 370 g/mol. The van der Waals surface area contributed by atoms with E-state index in [1.165, 1.54) is 19.3 Å². The van der Waals surface area contributed by atoms with Gasteiger partial charge in [0.05, 0.1) is 13.2 Å². The molecule has 4 heteroatoms. The van der Waals surface area contributed by atoms with Gasteiger partial charge in [-0.1, -0.05) is 39.2 Å². The lowest BCUT2D eigenvalue weighted by atomic mass is 10.2. The smallest absolute Gasteiger partial charge is 0.121 e. The van der Waals surface area contributed by atoms with Gasteiger partial charge < -0.3 is 20.1 Å². The summed E-state index contributed by atoms with van der Waals surface area (Å²) in [5.74, 6) is 1.86. The number of ether oxygens (including phenoxy) is 2. The van der Waals surface area contributed by atoms with Gasteiger partial charge in [0.25, 0.3) is 0 Å². The van der Waals surface area contributed by atoms with E-state index in [-0.39, 0.29) is 0 Å². The van der Waals surface area contributed by atoms with E-state index in [9.17, 15) is 0 Å². The summed E-state index contributed by atoms with van der Waals surface area (Å²) in [7, 11) is 0. The van der Waals surface area contributed by atoms with E-state index in [4.69, 9.17) is 9.47 Å².